The molecule has 0 radical (unpaired) electrons. The van der Waals surface area contributed by atoms with Gasteiger partial charge < -0.3 is 9.47 Å². The Hall–Kier alpha value is -1.51. The van der Waals surface area contributed by atoms with Crippen molar-refractivity contribution < 1.29 is 22.6 Å². The molecule has 1 aromatic heterocycles. The Morgan fingerprint density at radius 3 is 2.62 bits per heavy atom. The summed E-state index contributed by atoms with van der Waals surface area (Å²) in [7, 11) is 2.71. The van der Waals surface area contributed by atoms with Crippen LogP contribution in [0.15, 0.2) is 18.2 Å². The fourth-order valence-electron chi connectivity index (χ4n) is 1.99. The second kappa shape index (κ2) is 7.58. The van der Waals surface area contributed by atoms with Crippen molar-refractivity contribution in [1.82, 2.24) is 9.78 Å². The smallest absolute Gasteiger partial charge is 0.388 e. The van der Waals surface area contributed by atoms with Gasteiger partial charge in [-0.15, -0.1) is 11.6 Å². The van der Waals surface area contributed by atoms with Gasteiger partial charge in [-0.1, -0.05) is 17.7 Å². The molecule has 24 heavy (non-hydrogen) atoms. The van der Waals surface area contributed by atoms with Crippen LogP contribution < -0.4 is 4.74 Å². The number of alkyl halides is 3. The molecule has 1 atom stereocenters. The minimum Gasteiger partial charge on any atom is -0.488 e. The van der Waals surface area contributed by atoms with Gasteiger partial charge in [0.05, 0.1) is 7.11 Å². The van der Waals surface area contributed by atoms with E-state index < -0.39 is 17.8 Å². The zero-order valence-corrected chi connectivity index (χ0v) is 14.7. The number of aryl methyl sites for hydroxylation is 1. The lowest BCUT2D eigenvalue weighted by Gasteiger charge is -2.11. The van der Waals surface area contributed by atoms with E-state index >= 15 is 0 Å². The number of methoxy groups -OCH3 is 1. The molecule has 0 bridgehead atoms. The summed E-state index contributed by atoms with van der Waals surface area (Å²) in [6, 6.07) is 3.95. The molecular weight excluding hydrogens is 388 g/mol. The molecule has 4 nitrogen and oxygen atoms in total. The highest BCUT2D eigenvalue weighted by Crippen LogP contribution is 2.38. The van der Waals surface area contributed by atoms with Crippen LogP contribution in [-0.2, 0) is 11.8 Å². The summed E-state index contributed by atoms with van der Waals surface area (Å²) in [4.78, 5) is 0. The molecule has 0 aliphatic rings. The molecule has 0 fully saturated rings. The number of ether oxygens (including phenoxy) is 2. The molecule has 0 spiro atoms. The molecule has 1 aromatic carbocycles. The Bertz CT molecular complexity index is 771. The maximum atomic E-state index is 14.2. The molecule has 0 saturated heterocycles. The van der Waals surface area contributed by atoms with Gasteiger partial charge in [0.25, 0.3) is 0 Å². The van der Waals surface area contributed by atoms with Crippen molar-refractivity contribution in [2.45, 2.75) is 12.0 Å². The third-order valence-electron chi connectivity index (χ3n) is 3.09. The van der Waals surface area contributed by atoms with Crippen LogP contribution in [-0.4, -0.2) is 28.6 Å². The summed E-state index contributed by atoms with van der Waals surface area (Å²) in [5.74, 6) is -1.03. The van der Waals surface area contributed by atoms with Crippen LogP contribution in [0.25, 0.3) is 11.3 Å². The van der Waals surface area contributed by atoms with Gasteiger partial charge in [-0.05, 0) is 29.9 Å². The summed E-state index contributed by atoms with van der Waals surface area (Å²) in [5.41, 5.74) is 0.362. The summed E-state index contributed by atoms with van der Waals surface area (Å²) >= 11 is 17.1. The minimum atomic E-state index is -3.09. The zero-order chi connectivity index (χ0) is 18.0. The number of halogens is 5. The molecule has 2 rings (SSSR count). The predicted octanol–water partition coefficient (Wildman–Crippen LogP) is 4.73. The lowest BCUT2D eigenvalue weighted by atomic mass is 10.1. The summed E-state index contributed by atoms with van der Waals surface area (Å²) < 4.78 is 49.2. The van der Waals surface area contributed by atoms with E-state index in [0.29, 0.717) is 5.56 Å². The lowest BCUT2D eigenvalue weighted by molar-refractivity contribution is -0.0552. The molecule has 1 unspecified atom stereocenters. The maximum absolute atomic E-state index is 14.2. The molecule has 0 aliphatic heterocycles. The van der Waals surface area contributed by atoms with Gasteiger partial charge in [0.1, 0.15) is 21.9 Å². The molecule has 130 valence electrons. The predicted molar refractivity (Wildman–Crippen MR) is 88.4 cm³/mol. The number of thiocarbonyl (C=S) groups is 1. The van der Waals surface area contributed by atoms with Crippen LogP contribution in [0.4, 0.5) is 13.2 Å². The molecule has 0 amide bonds. The number of rotatable bonds is 5. The molecule has 1 heterocycles. The van der Waals surface area contributed by atoms with Gasteiger partial charge in [-0.2, -0.15) is 13.9 Å². The first kappa shape index (κ1) is 18.8. The van der Waals surface area contributed by atoms with E-state index in [1.165, 1.54) is 26.3 Å². The Balaban J connectivity index is 2.51. The Kier molecular flexibility index (Phi) is 5.95. The van der Waals surface area contributed by atoms with Gasteiger partial charge in [-0.25, -0.2) is 9.07 Å². The monoisotopic (exact) mass is 398 g/mol. The number of aromatic nitrogens is 2. The van der Waals surface area contributed by atoms with E-state index in [4.69, 9.17) is 40.2 Å². The first-order valence-corrected chi connectivity index (χ1v) is 7.67. The Morgan fingerprint density at radius 1 is 1.38 bits per heavy atom. The van der Waals surface area contributed by atoms with E-state index in [-0.39, 0.29) is 27.2 Å². The van der Waals surface area contributed by atoms with Crippen molar-refractivity contribution in [2.24, 2.45) is 7.05 Å². The van der Waals surface area contributed by atoms with Gasteiger partial charge in [0.15, 0.2) is 5.05 Å². The number of hydrogen-bond acceptors (Lipinski definition) is 4. The van der Waals surface area contributed by atoms with Crippen molar-refractivity contribution in [1.29, 1.82) is 0 Å². The van der Waals surface area contributed by atoms with E-state index in [2.05, 4.69) is 9.84 Å². The molecular formula is C14H11Cl2F3N2O2S. The first-order valence-electron chi connectivity index (χ1n) is 6.45. The van der Waals surface area contributed by atoms with Gasteiger partial charge >= 0.3 is 6.61 Å². The fourth-order valence-corrected chi connectivity index (χ4v) is 2.66. The minimum absolute atomic E-state index is 0.0261. The van der Waals surface area contributed by atoms with Crippen LogP contribution in [0, 0.1) is 5.82 Å². The second-order valence-corrected chi connectivity index (χ2v) is 5.81. The largest absolute Gasteiger partial charge is 0.488 e. The average molecular weight is 399 g/mol. The molecule has 0 aliphatic carbocycles. The van der Waals surface area contributed by atoms with Crippen LogP contribution in [0.2, 0.25) is 5.02 Å². The van der Waals surface area contributed by atoms with Crippen LogP contribution in [0.3, 0.4) is 0 Å². The molecule has 0 N–H and O–H groups in total. The highest BCUT2D eigenvalue weighted by atomic mass is 35.5. The summed E-state index contributed by atoms with van der Waals surface area (Å²) in [6.07, 6.45) is 0. The fraction of sp³-hybridized carbons (Fsp3) is 0.286. The van der Waals surface area contributed by atoms with Crippen molar-refractivity contribution in [3.8, 4) is 17.1 Å². The normalized spacial score (nSPS) is 12.3. The van der Waals surface area contributed by atoms with Crippen molar-refractivity contribution >= 4 is 40.5 Å². The lowest BCUT2D eigenvalue weighted by Crippen LogP contribution is -2.06. The zero-order valence-electron chi connectivity index (χ0n) is 12.4. The summed E-state index contributed by atoms with van der Waals surface area (Å²) in [6.45, 7) is -3.09. The van der Waals surface area contributed by atoms with Crippen LogP contribution in [0.1, 0.15) is 10.9 Å². The average Bonchev–Trinajstić information content (AvgIpc) is 2.81. The highest BCUT2D eigenvalue weighted by molar-refractivity contribution is 7.80. The summed E-state index contributed by atoms with van der Waals surface area (Å²) in [5, 5.41) is 3.00. The Labute approximate surface area is 151 Å². The molecule has 0 saturated carbocycles. The topological polar surface area (TPSA) is 36.3 Å². The van der Waals surface area contributed by atoms with E-state index in [1.807, 2.05) is 0 Å². The van der Waals surface area contributed by atoms with E-state index in [9.17, 15) is 13.2 Å². The third kappa shape index (κ3) is 3.76. The van der Waals surface area contributed by atoms with Gasteiger partial charge in [0.2, 0.25) is 5.88 Å². The van der Waals surface area contributed by atoms with Crippen molar-refractivity contribution in [3.05, 3.63) is 34.6 Å². The maximum Gasteiger partial charge on any atom is 0.388 e. The number of hydrogen-bond donors (Lipinski definition) is 0. The van der Waals surface area contributed by atoms with Crippen LogP contribution in [0.5, 0.6) is 5.88 Å². The second-order valence-electron chi connectivity index (χ2n) is 4.59. The first-order chi connectivity index (χ1) is 11.3. The van der Waals surface area contributed by atoms with Crippen LogP contribution >= 0.6 is 35.4 Å². The van der Waals surface area contributed by atoms with E-state index in [0.717, 1.165) is 10.7 Å². The SMILES string of the molecule is COC(=S)C(Cl)c1ccc(F)c(-c2nn(C)c(OC(F)F)c2Cl)c1. The quantitative estimate of drug-likeness (QED) is 0.538. The molecule has 2 aromatic rings. The van der Waals surface area contributed by atoms with Gasteiger partial charge in [-0.3, -0.25) is 0 Å². The third-order valence-corrected chi connectivity index (χ3v) is 4.41. The van der Waals surface area contributed by atoms with E-state index in [1.54, 1.807) is 0 Å². The standard InChI is InChI=1S/C14H11Cl2F3N2O2S/c1-21-12(23-14(18)19)10(16)11(20-21)7-5-6(3-4-8(7)17)9(15)13(24)22-2/h3-5,9,14H,1-2H3. The van der Waals surface area contributed by atoms with Gasteiger partial charge in [0, 0.05) is 12.6 Å². The van der Waals surface area contributed by atoms with Crippen molar-refractivity contribution in [3.63, 3.8) is 0 Å². The van der Waals surface area contributed by atoms with Crippen molar-refractivity contribution in [2.75, 3.05) is 7.11 Å². The Morgan fingerprint density at radius 2 is 2.04 bits per heavy atom. The number of nitrogens with zero attached hydrogens (tertiary/aromatic N) is 2. The highest BCUT2D eigenvalue weighted by Gasteiger charge is 2.24. The number of benzene rings is 1. The molecule has 10 heteroatoms.